The fraction of sp³-hybridized carbons (Fsp3) is 0.0213. The van der Waals surface area contributed by atoms with Crippen molar-refractivity contribution < 1.29 is 0 Å². The first-order valence-electron chi connectivity index (χ1n) is 16.4. The molecule has 218 valence electrons. The molecule has 0 saturated carbocycles. The van der Waals surface area contributed by atoms with Gasteiger partial charge in [-0.2, -0.15) is 0 Å². The number of fused-ring (bicyclic) bond motifs is 10. The predicted molar refractivity (Wildman–Crippen MR) is 199 cm³/mol. The van der Waals surface area contributed by atoms with Gasteiger partial charge in [-0.25, -0.2) is 0 Å². The molecule has 9 aromatic carbocycles. The highest BCUT2D eigenvalue weighted by molar-refractivity contribution is 6.19. The average molecular weight is 595 g/mol. The van der Waals surface area contributed by atoms with Crippen LogP contribution in [-0.4, -0.2) is 0 Å². The van der Waals surface area contributed by atoms with Gasteiger partial charge in [-0.15, -0.1) is 0 Å². The minimum atomic E-state index is -0.500. The zero-order chi connectivity index (χ0) is 31.0. The van der Waals surface area contributed by atoms with E-state index >= 15 is 0 Å². The highest BCUT2D eigenvalue weighted by Gasteiger charge is 2.48. The fourth-order valence-corrected chi connectivity index (χ4v) is 8.46. The third-order valence-electron chi connectivity index (χ3n) is 10.5. The summed E-state index contributed by atoms with van der Waals surface area (Å²) in [5.74, 6) is 0. The van der Waals surface area contributed by atoms with Gasteiger partial charge in [-0.05, 0) is 112 Å². The largest absolute Gasteiger partial charge is 0.0720 e. The molecule has 0 radical (unpaired) electrons. The molecule has 0 unspecified atom stereocenters. The number of benzene rings is 9. The van der Waals surface area contributed by atoms with E-state index in [-0.39, 0.29) is 0 Å². The van der Waals surface area contributed by atoms with Crippen molar-refractivity contribution in [3.63, 3.8) is 0 Å². The Kier molecular flexibility index (Phi) is 5.59. The van der Waals surface area contributed by atoms with E-state index in [9.17, 15) is 0 Å². The molecule has 0 heterocycles. The summed E-state index contributed by atoms with van der Waals surface area (Å²) >= 11 is 0. The first-order chi connectivity index (χ1) is 23.3. The van der Waals surface area contributed by atoms with Crippen LogP contribution in [0.25, 0.3) is 65.3 Å². The molecule has 0 aromatic heterocycles. The van der Waals surface area contributed by atoms with Gasteiger partial charge in [0.2, 0.25) is 0 Å². The third-order valence-corrected chi connectivity index (χ3v) is 10.5. The van der Waals surface area contributed by atoms with E-state index in [1.54, 1.807) is 0 Å². The smallest absolute Gasteiger partial charge is 0.0622 e. The van der Waals surface area contributed by atoms with Gasteiger partial charge in [0.15, 0.2) is 0 Å². The molecule has 0 bridgehead atoms. The van der Waals surface area contributed by atoms with E-state index in [4.69, 9.17) is 0 Å². The predicted octanol–water partition coefficient (Wildman–Crippen LogP) is 12.3. The molecule has 47 heavy (non-hydrogen) atoms. The summed E-state index contributed by atoms with van der Waals surface area (Å²) in [4.78, 5) is 0. The molecule has 0 heteroatoms. The molecule has 1 aliphatic carbocycles. The van der Waals surface area contributed by atoms with Gasteiger partial charge >= 0.3 is 0 Å². The molecule has 0 N–H and O–H groups in total. The maximum Gasteiger partial charge on any atom is 0.0720 e. The van der Waals surface area contributed by atoms with Crippen LogP contribution >= 0.6 is 0 Å². The second-order valence-corrected chi connectivity index (χ2v) is 12.8. The normalized spacial score (nSPS) is 13.3. The van der Waals surface area contributed by atoms with Crippen molar-refractivity contribution in [1.82, 2.24) is 0 Å². The van der Waals surface area contributed by atoms with Crippen LogP contribution in [0.2, 0.25) is 0 Å². The van der Waals surface area contributed by atoms with Crippen LogP contribution < -0.4 is 0 Å². The molecule has 10 rings (SSSR count). The Hall–Kier alpha value is -5.98. The second-order valence-electron chi connectivity index (χ2n) is 12.8. The number of rotatable bonds is 3. The summed E-state index contributed by atoms with van der Waals surface area (Å²) in [6, 6.07) is 67.7. The van der Waals surface area contributed by atoms with Crippen molar-refractivity contribution >= 4 is 43.1 Å². The summed E-state index contributed by atoms with van der Waals surface area (Å²) in [7, 11) is 0. The van der Waals surface area contributed by atoms with Crippen LogP contribution in [0.1, 0.15) is 22.3 Å². The first-order valence-corrected chi connectivity index (χ1v) is 16.4. The molecule has 0 saturated heterocycles. The highest BCUT2D eigenvalue weighted by atomic mass is 14.5. The molecule has 0 nitrogen and oxygen atoms in total. The summed E-state index contributed by atoms with van der Waals surface area (Å²) < 4.78 is 0. The zero-order valence-corrected chi connectivity index (χ0v) is 25.8. The van der Waals surface area contributed by atoms with E-state index < -0.39 is 5.41 Å². The summed E-state index contributed by atoms with van der Waals surface area (Å²) in [6.45, 7) is 0. The Morgan fingerprint density at radius 1 is 0.319 bits per heavy atom. The summed E-state index contributed by atoms with van der Waals surface area (Å²) in [6.07, 6.45) is 0. The maximum atomic E-state index is 2.49. The van der Waals surface area contributed by atoms with E-state index in [1.165, 1.54) is 87.6 Å². The second kappa shape index (κ2) is 10.0. The van der Waals surface area contributed by atoms with Crippen molar-refractivity contribution in [3.05, 3.63) is 204 Å². The van der Waals surface area contributed by atoms with Crippen LogP contribution in [0.15, 0.2) is 182 Å². The molecule has 1 aliphatic rings. The van der Waals surface area contributed by atoms with Gasteiger partial charge < -0.3 is 0 Å². The molecular formula is C47H30. The lowest BCUT2D eigenvalue weighted by atomic mass is 9.66. The first kappa shape index (κ1) is 26.3. The van der Waals surface area contributed by atoms with Crippen LogP contribution in [0.4, 0.5) is 0 Å². The Balaban J connectivity index is 1.34. The Labute approximate surface area is 274 Å². The monoisotopic (exact) mass is 594 g/mol. The lowest BCUT2D eigenvalue weighted by molar-refractivity contribution is 0.776. The number of hydrogen-bond donors (Lipinski definition) is 0. The van der Waals surface area contributed by atoms with E-state index in [2.05, 4.69) is 182 Å². The van der Waals surface area contributed by atoms with E-state index in [1.807, 2.05) is 0 Å². The molecule has 0 aliphatic heterocycles. The van der Waals surface area contributed by atoms with Crippen LogP contribution in [-0.2, 0) is 5.41 Å². The average Bonchev–Trinajstić information content (AvgIpc) is 3.46. The zero-order valence-electron chi connectivity index (χ0n) is 25.8. The standard InChI is InChI=1S/C47H30/c1-3-15-37(16-4-1)47(38-17-5-2-6-18-38)44-30-35(33-23-24-34-27-31-13-7-8-14-32(31)28-36(34)29-33)25-26-43(44)45-41-21-11-9-19-39(41)40-20-10-12-22-42(40)46(45)47/h1-30H. The van der Waals surface area contributed by atoms with Crippen LogP contribution in [0.5, 0.6) is 0 Å². The van der Waals surface area contributed by atoms with Gasteiger partial charge in [0.05, 0.1) is 5.41 Å². The van der Waals surface area contributed by atoms with Gasteiger partial charge in [0.25, 0.3) is 0 Å². The van der Waals surface area contributed by atoms with Crippen molar-refractivity contribution in [2.45, 2.75) is 5.41 Å². The molecule has 9 aromatic rings. The maximum absolute atomic E-state index is 2.49. The van der Waals surface area contributed by atoms with Crippen molar-refractivity contribution in [2.75, 3.05) is 0 Å². The Bertz CT molecular complexity index is 2620. The summed E-state index contributed by atoms with van der Waals surface area (Å²) in [5, 5.41) is 10.3. The molecule has 0 amide bonds. The Morgan fingerprint density at radius 3 is 1.49 bits per heavy atom. The van der Waals surface area contributed by atoms with Gasteiger partial charge in [0, 0.05) is 0 Å². The lowest BCUT2D eigenvalue weighted by Crippen LogP contribution is -2.29. The van der Waals surface area contributed by atoms with Crippen LogP contribution in [0.3, 0.4) is 0 Å². The SMILES string of the molecule is c1ccc(C2(c3ccccc3)c3cc(-c4ccc5cc6ccccc6cc5c4)ccc3-c3c2c2ccccc2c2ccccc32)cc1. The highest BCUT2D eigenvalue weighted by Crippen LogP contribution is 2.60. The van der Waals surface area contributed by atoms with Crippen molar-refractivity contribution in [3.8, 4) is 22.3 Å². The fourth-order valence-electron chi connectivity index (χ4n) is 8.46. The minimum Gasteiger partial charge on any atom is -0.0622 e. The van der Waals surface area contributed by atoms with Gasteiger partial charge in [-0.1, -0.05) is 158 Å². The topological polar surface area (TPSA) is 0 Å². The molecule has 0 atom stereocenters. The van der Waals surface area contributed by atoms with Crippen molar-refractivity contribution in [2.24, 2.45) is 0 Å². The van der Waals surface area contributed by atoms with E-state index in [0.717, 1.165) is 0 Å². The van der Waals surface area contributed by atoms with Gasteiger partial charge in [0.1, 0.15) is 0 Å². The Morgan fingerprint density at radius 2 is 0.809 bits per heavy atom. The van der Waals surface area contributed by atoms with Gasteiger partial charge in [-0.3, -0.25) is 0 Å². The van der Waals surface area contributed by atoms with E-state index in [0.29, 0.717) is 0 Å². The van der Waals surface area contributed by atoms with Crippen LogP contribution in [0, 0.1) is 0 Å². The summed E-state index contributed by atoms with van der Waals surface area (Å²) in [5.41, 5.74) is 9.91. The third kappa shape index (κ3) is 3.70. The van der Waals surface area contributed by atoms with Crippen molar-refractivity contribution in [1.29, 1.82) is 0 Å². The quantitative estimate of drug-likeness (QED) is 0.141. The molecular weight excluding hydrogens is 565 g/mol. The lowest BCUT2D eigenvalue weighted by Gasteiger charge is -2.35. The molecule has 0 fully saturated rings. The minimum absolute atomic E-state index is 0.500. The molecule has 0 spiro atoms. The number of hydrogen-bond acceptors (Lipinski definition) is 0.